The Hall–Kier alpha value is -2.10. The predicted molar refractivity (Wildman–Crippen MR) is 105 cm³/mol. The van der Waals surface area contributed by atoms with E-state index < -0.39 is 0 Å². The van der Waals surface area contributed by atoms with Crippen LogP contribution in [0.4, 0.5) is 0 Å². The fourth-order valence-corrected chi connectivity index (χ4v) is 2.21. The number of nitrogens with one attached hydrogen (secondary N) is 2. The normalized spacial score (nSPS) is 12.4. The van der Waals surface area contributed by atoms with Crippen molar-refractivity contribution in [3.63, 3.8) is 0 Å². The summed E-state index contributed by atoms with van der Waals surface area (Å²) in [6.07, 6.45) is 1.64. The van der Waals surface area contributed by atoms with E-state index in [0.29, 0.717) is 25.4 Å². The van der Waals surface area contributed by atoms with Crippen LogP contribution in [0, 0.1) is 0 Å². The Morgan fingerprint density at radius 2 is 2.08 bits per heavy atom. The number of rotatable bonds is 7. The monoisotopic (exact) mass is 459 g/mol. The van der Waals surface area contributed by atoms with E-state index in [1.807, 2.05) is 37.3 Å². The van der Waals surface area contributed by atoms with Crippen molar-refractivity contribution in [3.05, 3.63) is 42.4 Å². The summed E-state index contributed by atoms with van der Waals surface area (Å²) in [5.41, 5.74) is 0. The number of guanidine groups is 1. The van der Waals surface area contributed by atoms with Gasteiger partial charge in [0.15, 0.2) is 17.5 Å². The average Bonchev–Trinajstić information content (AvgIpc) is 3.27. The molecule has 7 nitrogen and oxygen atoms in total. The van der Waals surface area contributed by atoms with Gasteiger partial charge < -0.3 is 29.3 Å². The lowest BCUT2D eigenvalue weighted by Gasteiger charge is -2.12. The lowest BCUT2D eigenvalue weighted by Crippen LogP contribution is -2.39. The molecule has 0 saturated heterocycles. The summed E-state index contributed by atoms with van der Waals surface area (Å²) in [6.45, 7) is 4.69. The molecule has 2 aromatic rings. The van der Waals surface area contributed by atoms with E-state index in [1.165, 1.54) is 0 Å². The van der Waals surface area contributed by atoms with Crippen molar-refractivity contribution in [1.82, 2.24) is 10.6 Å². The van der Waals surface area contributed by atoms with Crippen LogP contribution in [0.5, 0.6) is 17.2 Å². The molecule has 8 heteroatoms. The highest BCUT2D eigenvalue weighted by Gasteiger charge is 2.13. The molecule has 1 aromatic heterocycles. The van der Waals surface area contributed by atoms with Gasteiger partial charge >= 0.3 is 0 Å². The summed E-state index contributed by atoms with van der Waals surface area (Å²) in [7, 11) is 0. The molecule has 0 unspecified atom stereocenters. The van der Waals surface area contributed by atoms with E-state index in [0.717, 1.165) is 29.8 Å². The summed E-state index contributed by atoms with van der Waals surface area (Å²) < 4.78 is 21.6. The zero-order valence-corrected chi connectivity index (χ0v) is 16.3. The molecule has 2 heterocycles. The summed E-state index contributed by atoms with van der Waals surface area (Å²) in [4.78, 5) is 4.46. The molecule has 0 atom stereocenters. The molecular formula is C17H22IN3O4. The van der Waals surface area contributed by atoms with Crippen LogP contribution in [0.1, 0.15) is 12.7 Å². The molecule has 136 valence electrons. The number of hydrogen-bond donors (Lipinski definition) is 2. The minimum absolute atomic E-state index is 0. The van der Waals surface area contributed by atoms with Crippen molar-refractivity contribution in [3.8, 4) is 17.2 Å². The first kappa shape index (κ1) is 19.2. The molecule has 0 aliphatic carbocycles. The molecule has 1 aliphatic rings. The molecule has 0 spiro atoms. The number of fused-ring (bicyclic) bond motifs is 1. The van der Waals surface area contributed by atoms with Crippen molar-refractivity contribution < 1.29 is 18.6 Å². The van der Waals surface area contributed by atoms with Crippen LogP contribution in [-0.2, 0) is 6.54 Å². The molecule has 0 bridgehead atoms. The molecular weight excluding hydrogens is 437 g/mol. The molecule has 0 radical (unpaired) electrons. The Morgan fingerprint density at radius 3 is 2.88 bits per heavy atom. The van der Waals surface area contributed by atoms with Crippen molar-refractivity contribution in [2.24, 2.45) is 4.99 Å². The van der Waals surface area contributed by atoms with E-state index in [4.69, 9.17) is 18.6 Å². The van der Waals surface area contributed by atoms with Crippen molar-refractivity contribution >= 4 is 29.9 Å². The number of benzene rings is 1. The van der Waals surface area contributed by atoms with Gasteiger partial charge in [-0.05, 0) is 31.2 Å². The van der Waals surface area contributed by atoms with Gasteiger partial charge in [-0.2, -0.15) is 0 Å². The molecule has 3 rings (SSSR count). The van der Waals surface area contributed by atoms with Crippen LogP contribution in [0.3, 0.4) is 0 Å². The van der Waals surface area contributed by atoms with E-state index in [1.54, 1.807) is 6.26 Å². The zero-order valence-electron chi connectivity index (χ0n) is 14.0. The quantitative estimate of drug-likeness (QED) is 0.287. The van der Waals surface area contributed by atoms with Crippen LogP contribution in [0.2, 0.25) is 0 Å². The van der Waals surface area contributed by atoms with Gasteiger partial charge in [0, 0.05) is 12.6 Å². The summed E-state index contributed by atoms with van der Waals surface area (Å²) in [6, 6.07) is 9.29. The van der Waals surface area contributed by atoms with Crippen LogP contribution < -0.4 is 24.8 Å². The Morgan fingerprint density at radius 1 is 1.20 bits per heavy atom. The van der Waals surface area contributed by atoms with Crippen molar-refractivity contribution in [1.29, 1.82) is 0 Å². The molecule has 25 heavy (non-hydrogen) atoms. The van der Waals surface area contributed by atoms with Gasteiger partial charge in [-0.1, -0.05) is 0 Å². The van der Waals surface area contributed by atoms with E-state index in [-0.39, 0.29) is 30.8 Å². The summed E-state index contributed by atoms with van der Waals surface area (Å²) >= 11 is 0. The highest BCUT2D eigenvalue weighted by atomic mass is 127. The van der Waals surface area contributed by atoms with Crippen molar-refractivity contribution in [2.45, 2.75) is 13.5 Å². The standard InChI is InChI=1S/C17H21N3O4.HI/c1-2-18-17(20-11-14-4-3-8-21-14)19-7-9-22-13-5-6-15-16(10-13)24-12-23-15;/h3-6,8,10H,2,7,9,11-12H2,1H3,(H2,18,19,20);1H. The van der Waals surface area contributed by atoms with Gasteiger partial charge in [0.25, 0.3) is 0 Å². The Kier molecular flexibility index (Phi) is 7.71. The summed E-state index contributed by atoms with van der Waals surface area (Å²) in [5, 5.41) is 6.40. The predicted octanol–water partition coefficient (Wildman–Crippen LogP) is 2.76. The minimum Gasteiger partial charge on any atom is -0.492 e. The Bertz CT molecular complexity index is 677. The first-order valence-electron chi connectivity index (χ1n) is 7.92. The van der Waals surface area contributed by atoms with Crippen LogP contribution in [-0.4, -0.2) is 32.4 Å². The van der Waals surface area contributed by atoms with Crippen LogP contribution in [0.15, 0.2) is 46.0 Å². The highest BCUT2D eigenvalue weighted by molar-refractivity contribution is 14.0. The van der Waals surface area contributed by atoms with E-state index in [9.17, 15) is 0 Å². The minimum atomic E-state index is 0. The second-order valence-electron chi connectivity index (χ2n) is 5.06. The molecule has 2 N–H and O–H groups in total. The van der Waals surface area contributed by atoms with E-state index in [2.05, 4.69) is 15.6 Å². The fourth-order valence-electron chi connectivity index (χ4n) is 2.21. The Labute approximate surface area is 163 Å². The van der Waals surface area contributed by atoms with Gasteiger partial charge in [0.2, 0.25) is 6.79 Å². The lowest BCUT2D eigenvalue weighted by molar-refractivity contribution is 0.173. The summed E-state index contributed by atoms with van der Waals surface area (Å²) in [5.74, 6) is 3.76. The van der Waals surface area contributed by atoms with Gasteiger partial charge in [-0.3, -0.25) is 0 Å². The lowest BCUT2D eigenvalue weighted by atomic mass is 10.3. The zero-order chi connectivity index (χ0) is 16.6. The molecule has 0 amide bonds. The van der Waals surface area contributed by atoms with Gasteiger partial charge in [0.1, 0.15) is 24.7 Å². The fraction of sp³-hybridized carbons (Fsp3) is 0.353. The SMILES string of the molecule is CCNC(=NCc1ccco1)NCCOc1ccc2c(c1)OCO2.I. The number of hydrogen-bond acceptors (Lipinski definition) is 5. The third-order valence-electron chi connectivity index (χ3n) is 3.32. The molecule has 1 aliphatic heterocycles. The number of halogens is 1. The maximum absolute atomic E-state index is 5.71. The largest absolute Gasteiger partial charge is 0.492 e. The van der Waals surface area contributed by atoms with E-state index >= 15 is 0 Å². The Balaban J connectivity index is 0.00000225. The number of aliphatic imine (C=N–C) groups is 1. The highest BCUT2D eigenvalue weighted by Crippen LogP contribution is 2.34. The third kappa shape index (κ3) is 5.73. The second kappa shape index (κ2) is 10.0. The smallest absolute Gasteiger partial charge is 0.231 e. The van der Waals surface area contributed by atoms with Crippen LogP contribution in [0.25, 0.3) is 0 Å². The van der Waals surface area contributed by atoms with Gasteiger partial charge in [0.05, 0.1) is 12.8 Å². The third-order valence-corrected chi connectivity index (χ3v) is 3.32. The van der Waals surface area contributed by atoms with Crippen LogP contribution >= 0.6 is 24.0 Å². The van der Waals surface area contributed by atoms with Gasteiger partial charge in [-0.25, -0.2) is 4.99 Å². The molecule has 1 aromatic carbocycles. The van der Waals surface area contributed by atoms with Gasteiger partial charge in [-0.15, -0.1) is 24.0 Å². The second-order valence-corrected chi connectivity index (χ2v) is 5.06. The maximum Gasteiger partial charge on any atom is 0.231 e. The average molecular weight is 459 g/mol. The number of furan rings is 1. The number of ether oxygens (including phenoxy) is 3. The van der Waals surface area contributed by atoms with Crippen molar-refractivity contribution in [2.75, 3.05) is 26.5 Å². The molecule has 0 fully saturated rings. The maximum atomic E-state index is 5.71. The number of nitrogens with zero attached hydrogens (tertiary/aromatic N) is 1. The topological polar surface area (TPSA) is 77.3 Å². The molecule has 0 saturated carbocycles. The first-order chi connectivity index (χ1) is 11.8. The first-order valence-corrected chi connectivity index (χ1v) is 7.92.